The van der Waals surface area contributed by atoms with Gasteiger partial charge in [0.1, 0.15) is 19.8 Å². The van der Waals surface area contributed by atoms with Gasteiger partial charge >= 0.3 is 0 Å². The fourth-order valence-corrected chi connectivity index (χ4v) is 5.51. The van der Waals surface area contributed by atoms with Crippen molar-refractivity contribution < 1.29 is 19.2 Å². The van der Waals surface area contributed by atoms with Crippen molar-refractivity contribution in [1.29, 1.82) is 4.78 Å². The van der Waals surface area contributed by atoms with E-state index in [4.69, 9.17) is 9.92 Å². The van der Waals surface area contributed by atoms with E-state index in [1.165, 1.54) is 20.0 Å². The summed E-state index contributed by atoms with van der Waals surface area (Å²) in [6.07, 6.45) is 3.69. The summed E-state index contributed by atoms with van der Waals surface area (Å²) in [7, 11) is -3.54. The molecule has 2 atom stereocenters. The summed E-state index contributed by atoms with van der Waals surface area (Å²) in [6.45, 7) is 4.44. The number of fused-ring (bicyclic) bond motifs is 1. The Labute approximate surface area is 168 Å². The number of nitrogens with zero attached hydrogens (tertiary/aromatic N) is 1. The minimum absolute atomic E-state index is 0.0162. The molecule has 9 nitrogen and oxygen atoms in total. The number of aromatic nitrogens is 1. The molecule has 1 aromatic heterocycles. The number of nitrogens with two attached hydrogens (primary N) is 1. The number of amides is 1. The molecule has 28 heavy (non-hydrogen) atoms. The van der Waals surface area contributed by atoms with E-state index < -0.39 is 26.3 Å². The molecule has 2 unspecified atom stereocenters. The fourth-order valence-electron chi connectivity index (χ4n) is 3.47. The highest BCUT2D eigenvalue weighted by molar-refractivity contribution is 8.19. The predicted octanol–water partition coefficient (Wildman–Crippen LogP) is 0.832. The Bertz CT molecular complexity index is 968. The molecule has 0 saturated heterocycles. The molecule has 0 aromatic carbocycles. The van der Waals surface area contributed by atoms with E-state index >= 15 is 0 Å². The molecule has 0 fully saturated rings. The average molecular weight is 428 g/mol. The summed E-state index contributed by atoms with van der Waals surface area (Å²) < 4.78 is 19.5. The lowest BCUT2D eigenvalue weighted by molar-refractivity contribution is -0.125. The van der Waals surface area contributed by atoms with E-state index in [-0.39, 0.29) is 10.8 Å². The van der Waals surface area contributed by atoms with Crippen LogP contribution in [0.5, 0.6) is 0 Å². The van der Waals surface area contributed by atoms with Gasteiger partial charge in [-0.1, -0.05) is 11.8 Å². The minimum atomic E-state index is -3.54. The number of pyridine rings is 1. The zero-order valence-electron chi connectivity index (χ0n) is 16.0. The number of thioether (sulfide) groups is 1. The molecule has 0 radical (unpaired) electrons. The summed E-state index contributed by atoms with van der Waals surface area (Å²) in [5, 5.41) is 31.4. The van der Waals surface area contributed by atoms with Crippen molar-refractivity contribution in [2.45, 2.75) is 57.1 Å². The molecule has 154 valence electrons. The van der Waals surface area contributed by atoms with E-state index in [9.17, 15) is 19.2 Å². The Kier molecular flexibility index (Phi) is 5.26. The van der Waals surface area contributed by atoms with E-state index in [0.29, 0.717) is 16.9 Å². The number of anilines is 1. The number of aryl methyl sites for hydroxylation is 1. The SMILES string of the molecule is Cc1c(CO)nc2c(c1NC(=O)C1(C(C)(C)O)NC=C(S(=N)(N)=O)S1)CCC2. The number of nitrogens with one attached hydrogen (secondary N) is 3. The van der Waals surface area contributed by atoms with Crippen LogP contribution in [0.3, 0.4) is 0 Å². The van der Waals surface area contributed by atoms with Gasteiger partial charge in [0, 0.05) is 11.9 Å². The van der Waals surface area contributed by atoms with Crippen LogP contribution in [0.1, 0.15) is 42.8 Å². The van der Waals surface area contributed by atoms with E-state index in [1.807, 2.05) is 0 Å². The fraction of sp³-hybridized carbons (Fsp3) is 0.529. The Morgan fingerprint density at radius 1 is 1.54 bits per heavy atom. The molecule has 1 aliphatic heterocycles. The summed E-state index contributed by atoms with van der Waals surface area (Å²) >= 11 is 0.783. The van der Waals surface area contributed by atoms with Gasteiger partial charge < -0.3 is 20.8 Å². The second kappa shape index (κ2) is 6.99. The van der Waals surface area contributed by atoms with Crippen molar-refractivity contribution in [3.8, 4) is 0 Å². The van der Waals surface area contributed by atoms with E-state index in [1.54, 1.807) is 6.92 Å². The first-order valence-corrected chi connectivity index (χ1v) is 11.2. The van der Waals surface area contributed by atoms with Crippen LogP contribution in [0.25, 0.3) is 0 Å². The molecule has 3 rings (SSSR count). The highest BCUT2D eigenvalue weighted by Crippen LogP contribution is 2.45. The third-order valence-corrected chi connectivity index (χ3v) is 8.22. The van der Waals surface area contributed by atoms with E-state index in [2.05, 4.69) is 15.6 Å². The number of hydrogen-bond acceptors (Lipinski definition) is 8. The molecule has 7 N–H and O–H groups in total. The first kappa shape index (κ1) is 21.1. The van der Waals surface area contributed by atoms with Gasteiger partial charge in [0.2, 0.25) is 0 Å². The standard InChI is InChI=1S/C17H25N5O4S2/c1-9-12(8-23)21-11-6-4-5-10(11)14(9)22-15(24)17(16(2,3)25)20-7-13(27-17)28(18,19)26/h7,20,23,25H,4-6,8H2,1-3H3,(H3,18,19,26)(H,21,22,24). The molecule has 2 heterocycles. The lowest BCUT2D eigenvalue weighted by Crippen LogP contribution is -2.61. The Morgan fingerprint density at radius 3 is 2.75 bits per heavy atom. The van der Waals surface area contributed by atoms with Crippen LogP contribution in [-0.2, 0) is 34.2 Å². The molecular formula is C17H25N5O4S2. The third kappa shape index (κ3) is 3.41. The molecule has 11 heteroatoms. The quantitative estimate of drug-likeness (QED) is 0.405. The molecule has 1 amide bonds. The Hall–Kier alpha value is -1.66. The van der Waals surface area contributed by atoms with Crippen LogP contribution in [-0.4, -0.2) is 35.8 Å². The maximum Gasteiger partial charge on any atom is 0.264 e. The minimum Gasteiger partial charge on any atom is -0.390 e. The summed E-state index contributed by atoms with van der Waals surface area (Å²) in [5.74, 6) is -0.563. The largest absolute Gasteiger partial charge is 0.390 e. The summed E-state index contributed by atoms with van der Waals surface area (Å²) in [6, 6.07) is 0. The van der Waals surface area contributed by atoms with Gasteiger partial charge in [0.25, 0.3) is 5.91 Å². The van der Waals surface area contributed by atoms with Crippen molar-refractivity contribution in [3.63, 3.8) is 0 Å². The Morgan fingerprint density at radius 2 is 2.21 bits per heavy atom. The van der Waals surface area contributed by atoms with Gasteiger partial charge in [0.05, 0.1) is 18.0 Å². The maximum absolute atomic E-state index is 13.3. The predicted molar refractivity (Wildman–Crippen MR) is 108 cm³/mol. The van der Waals surface area contributed by atoms with Gasteiger partial charge in [-0.3, -0.25) is 9.78 Å². The van der Waals surface area contributed by atoms with Gasteiger partial charge in [-0.05, 0) is 51.2 Å². The number of hydrogen-bond donors (Lipinski definition) is 6. The second-order valence-electron chi connectivity index (χ2n) is 7.50. The zero-order chi connectivity index (χ0) is 20.9. The van der Waals surface area contributed by atoms with Gasteiger partial charge in [-0.2, -0.15) is 0 Å². The highest BCUT2D eigenvalue weighted by Gasteiger charge is 2.55. The van der Waals surface area contributed by atoms with Crippen LogP contribution < -0.4 is 15.8 Å². The lowest BCUT2D eigenvalue weighted by atomic mass is 9.96. The molecular weight excluding hydrogens is 402 g/mol. The zero-order valence-corrected chi connectivity index (χ0v) is 17.6. The van der Waals surface area contributed by atoms with Gasteiger partial charge in [-0.25, -0.2) is 14.1 Å². The third-order valence-electron chi connectivity index (χ3n) is 5.08. The first-order chi connectivity index (χ1) is 12.9. The van der Waals surface area contributed by atoms with Crippen molar-refractivity contribution in [2.75, 3.05) is 5.32 Å². The van der Waals surface area contributed by atoms with Crippen LogP contribution in [0.2, 0.25) is 0 Å². The van der Waals surface area contributed by atoms with Crippen molar-refractivity contribution in [2.24, 2.45) is 5.14 Å². The molecule has 0 saturated carbocycles. The van der Waals surface area contributed by atoms with Crippen LogP contribution >= 0.6 is 11.8 Å². The normalized spacial score (nSPS) is 23.6. The number of rotatable bonds is 5. The van der Waals surface area contributed by atoms with Crippen molar-refractivity contribution in [1.82, 2.24) is 10.3 Å². The monoisotopic (exact) mass is 427 g/mol. The topological polar surface area (TPSA) is 161 Å². The molecule has 2 aliphatic rings. The lowest BCUT2D eigenvalue weighted by Gasteiger charge is -2.38. The molecule has 1 aliphatic carbocycles. The molecule has 0 spiro atoms. The van der Waals surface area contributed by atoms with Crippen molar-refractivity contribution >= 4 is 33.3 Å². The number of aliphatic hydroxyl groups excluding tert-OH is 1. The van der Waals surface area contributed by atoms with Gasteiger partial charge in [-0.15, -0.1) is 0 Å². The first-order valence-electron chi connectivity index (χ1n) is 8.80. The number of carbonyl (C=O) groups excluding carboxylic acids is 1. The smallest absolute Gasteiger partial charge is 0.264 e. The number of aliphatic hydroxyl groups is 2. The van der Waals surface area contributed by atoms with Crippen LogP contribution in [0.4, 0.5) is 5.69 Å². The average Bonchev–Trinajstić information content (AvgIpc) is 3.23. The molecule has 1 aromatic rings. The molecule has 0 bridgehead atoms. The summed E-state index contributed by atoms with van der Waals surface area (Å²) in [5.41, 5.74) is 1.94. The van der Waals surface area contributed by atoms with Crippen LogP contribution in [0, 0.1) is 11.7 Å². The summed E-state index contributed by atoms with van der Waals surface area (Å²) in [4.78, 5) is 16.2. The highest BCUT2D eigenvalue weighted by atomic mass is 32.3. The maximum atomic E-state index is 13.3. The van der Waals surface area contributed by atoms with Crippen LogP contribution in [0.15, 0.2) is 10.4 Å². The van der Waals surface area contributed by atoms with E-state index in [0.717, 1.165) is 42.3 Å². The number of carbonyl (C=O) groups is 1. The Balaban J connectivity index is 2.01. The van der Waals surface area contributed by atoms with Gasteiger partial charge in [0.15, 0.2) is 4.87 Å². The van der Waals surface area contributed by atoms with Crippen molar-refractivity contribution in [3.05, 3.63) is 33.0 Å². The second-order valence-corrected chi connectivity index (χ2v) is 10.7.